The van der Waals surface area contributed by atoms with E-state index < -0.39 is 0 Å². The summed E-state index contributed by atoms with van der Waals surface area (Å²) in [5, 5.41) is 11.6. The minimum Gasteiger partial charge on any atom is -0.378 e. The molecule has 9 nitrogen and oxygen atoms in total. The molecule has 2 saturated heterocycles. The molecule has 0 aliphatic carbocycles. The van der Waals surface area contributed by atoms with Crippen LogP contribution in [0.3, 0.4) is 0 Å². The summed E-state index contributed by atoms with van der Waals surface area (Å²) in [6.45, 7) is 0.847. The van der Waals surface area contributed by atoms with E-state index in [1.165, 1.54) is 0 Å². The zero-order valence-corrected chi connectivity index (χ0v) is 17.4. The van der Waals surface area contributed by atoms with Crippen LogP contribution in [0.2, 0.25) is 0 Å². The quantitative estimate of drug-likeness (QED) is 0.669. The van der Waals surface area contributed by atoms with Gasteiger partial charge in [0.25, 0.3) is 5.91 Å². The van der Waals surface area contributed by atoms with Crippen molar-refractivity contribution in [2.45, 2.75) is 24.3 Å². The van der Waals surface area contributed by atoms with Gasteiger partial charge < -0.3 is 19.7 Å². The van der Waals surface area contributed by atoms with Gasteiger partial charge in [0.15, 0.2) is 0 Å². The largest absolute Gasteiger partial charge is 0.378 e. The van der Waals surface area contributed by atoms with Crippen molar-refractivity contribution < 1.29 is 14.3 Å². The van der Waals surface area contributed by atoms with Crippen molar-refractivity contribution in [3.63, 3.8) is 0 Å². The van der Waals surface area contributed by atoms with Crippen LogP contribution < -0.4 is 10.2 Å². The fraction of sp³-hybridized carbons (Fsp3) is 0.364. The molecule has 1 amide bonds. The highest BCUT2D eigenvalue weighted by molar-refractivity contribution is 5.94. The maximum absolute atomic E-state index is 12.7. The molecule has 160 valence electrons. The molecule has 4 unspecified atom stereocenters. The number of aromatic nitrogens is 4. The van der Waals surface area contributed by atoms with Gasteiger partial charge in [-0.05, 0) is 36.4 Å². The van der Waals surface area contributed by atoms with E-state index in [0.717, 1.165) is 11.4 Å². The highest BCUT2D eigenvalue weighted by Gasteiger charge is 2.49. The fourth-order valence-corrected chi connectivity index (χ4v) is 4.06. The Morgan fingerprint density at radius 3 is 2.61 bits per heavy atom. The molecule has 2 aliphatic rings. The Morgan fingerprint density at radius 1 is 1.06 bits per heavy atom. The number of hydrogen-bond donors (Lipinski definition) is 1. The summed E-state index contributed by atoms with van der Waals surface area (Å²) in [6.07, 6.45) is 3.17. The first-order valence-corrected chi connectivity index (χ1v) is 10.2. The molecule has 2 fully saturated rings. The lowest BCUT2D eigenvalue weighted by Gasteiger charge is -2.18. The lowest BCUT2D eigenvalue weighted by atomic mass is 10.1. The minimum absolute atomic E-state index is 0.101. The molecule has 31 heavy (non-hydrogen) atoms. The van der Waals surface area contributed by atoms with Crippen molar-refractivity contribution >= 4 is 11.6 Å². The second-order valence-electron chi connectivity index (χ2n) is 7.98. The number of ether oxygens (including phenoxy) is 2. The zero-order valence-electron chi connectivity index (χ0n) is 17.4. The van der Waals surface area contributed by atoms with Crippen LogP contribution in [0.5, 0.6) is 0 Å². The number of nitrogens with one attached hydrogen (secondary N) is 1. The highest BCUT2D eigenvalue weighted by Crippen LogP contribution is 2.34. The van der Waals surface area contributed by atoms with Crippen LogP contribution in [0.1, 0.15) is 16.4 Å². The first-order chi connectivity index (χ1) is 15.1. The predicted molar refractivity (Wildman–Crippen MR) is 114 cm³/mol. The van der Waals surface area contributed by atoms with E-state index in [-0.39, 0.29) is 30.2 Å². The Morgan fingerprint density at radius 2 is 1.87 bits per heavy atom. The summed E-state index contributed by atoms with van der Waals surface area (Å²) in [6, 6.07) is 12.9. The third kappa shape index (κ3) is 3.77. The number of pyridine rings is 1. The molecule has 2 aromatic heterocycles. The van der Waals surface area contributed by atoms with Crippen molar-refractivity contribution in [2.24, 2.45) is 0 Å². The summed E-state index contributed by atoms with van der Waals surface area (Å²) >= 11 is 0. The van der Waals surface area contributed by atoms with Crippen LogP contribution in [-0.2, 0) is 9.47 Å². The molecule has 0 saturated carbocycles. The van der Waals surface area contributed by atoms with Crippen LogP contribution in [0.4, 0.5) is 5.69 Å². The molecule has 3 aromatic rings. The van der Waals surface area contributed by atoms with Crippen LogP contribution in [0, 0.1) is 0 Å². The number of nitrogens with zero attached hydrogens (tertiary/aromatic N) is 5. The molecule has 0 bridgehead atoms. The first kappa shape index (κ1) is 19.7. The summed E-state index contributed by atoms with van der Waals surface area (Å²) in [5.41, 5.74) is 3.12. The number of rotatable bonds is 5. The van der Waals surface area contributed by atoms with Crippen molar-refractivity contribution in [3.8, 4) is 11.4 Å². The Balaban J connectivity index is 1.25. The highest BCUT2D eigenvalue weighted by atomic mass is 16.6. The molecule has 4 heterocycles. The molecule has 2 aliphatic heterocycles. The van der Waals surface area contributed by atoms with Gasteiger partial charge in [-0.1, -0.05) is 11.3 Å². The average Bonchev–Trinajstić information content (AvgIpc) is 3.52. The second kappa shape index (κ2) is 8.09. The van der Waals surface area contributed by atoms with Crippen molar-refractivity contribution in [3.05, 3.63) is 60.4 Å². The molecule has 1 aromatic carbocycles. The standard InChI is InChI=1S/C22H24N6O3/c1-27(2)15-8-6-14(7-9-15)22(29)24-18-12-30-21-19(13-31-20(18)21)28-11-17(25-26-28)16-5-3-4-10-23-16/h3-11,18-21H,12-13H2,1-2H3,(H,24,29). The normalized spacial score (nSPS) is 24.7. The molecule has 5 rings (SSSR count). The molecule has 0 spiro atoms. The van der Waals surface area contributed by atoms with Gasteiger partial charge in [0.05, 0.1) is 31.1 Å². The van der Waals surface area contributed by atoms with Crippen molar-refractivity contribution in [1.82, 2.24) is 25.3 Å². The third-order valence-corrected chi connectivity index (χ3v) is 5.77. The Bertz CT molecular complexity index is 1050. The lowest BCUT2D eigenvalue weighted by molar-refractivity contribution is 0.0613. The van der Waals surface area contributed by atoms with Gasteiger partial charge in [0.2, 0.25) is 0 Å². The number of amides is 1. The summed E-state index contributed by atoms with van der Waals surface area (Å²) in [7, 11) is 3.93. The van der Waals surface area contributed by atoms with Gasteiger partial charge in [-0.3, -0.25) is 9.78 Å². The molecule has 4 atom stereocenters. The molecule has 1 N–H and O–H groups in total. The van der Waals surface area contributed by atoms with E-state index in [0.29, 0.717) is 24.5 Å². The van der Waals surface area contributed by atoms with E-state index >= 15 is 0 Å². The maximum Gasteiger partial charge on any atom is 0.251 e. The Kier molecular flexibility index (Phi) is 5.13. The van der Waals surface area contributed by atoms with Gasteiger partial charge >= 0.3 is 0 Å². The maximum atomic E-state index is 12.7. The summed E-state index contributed by atoms with van der Waals surface area (Å²) in [5.74, 6) is -0.134. The number of benzene rings is 1. The number of carbonyl (C=O) groups excluding carboxylic acids is 1. The van der Waals surface area contributed by atoms with Crippen LogP contribution in [0.25, 0.3) is 11.4 Å². The smallest absolute Gasteiger partial charge is 0.251 e. The molecule has 9 heteroatoms. The van der Waals surface area contributed by atoms with E-state index in [4.69, 9.17) is 9.47 Å². The van der Waals surface area contributed by atoms with Gasteiger partial charge in [-0.15, -0.1) is 5.10 Å². The van der Waals surface area contributed by atoms with Crippen LogP contribution in [-0.4, -0.2) is 71.4 Å². The number of carbonyl (C=O) groups is 1. The van der Waals surface area contributed by atoms with Crippen LogP contribution >= 0.6 is 0 Å². The topological polar surface area (TPSA) is 94.4 Å². The number of fused-ring (bicyclic) bond motifs is 1. The SMILES string of the molecule is CN(C)c1ccc(C(=O)NC2COC3C2OCC3n2cc(-c3ccccn3)nn2)cc1. The third-order valence-electron chi connectivity index (χ3n) is 5.77. The van der Waals surface area contributed by atoms with E-state index in [9.17, 15) is 4.79 Å². The zero-order chi connectivity index (χ0) is 21.4. The summed E-state index contributed by atoms with van der Waals surface area (Å²) in [4.78, 5) is 19.0. The van der Waals surface area contributed by atoms with Gasteiger partial charge in [-0.2, -0.15) is 0 Å². The minimum atomic E-state index is -0.225. The van der Waals surface area contributed by atoms with Gasteiger partial charge in [0.1, 0.15) is 23.9 Å². The molecular formula is C22H24N6O3. The van der Waals surface area contributed by atoms with Gasteiger partial charge in [0, 0.05) is 31.5 Å². The molecular weight excluding hydrogens is 396 g/mol. The second-order valence-corrected chi connectivity index (χ2v) is 7.98. The lowest BCUT2D eigenvalue weighted by Crippen LogP contribution is -2.44. The van der Waals surface area contributed by atoms with Gasteiger partial charge in [-0.25, -0.2) is 4.68 Å². The fourth-order valence-electron chi connectivity index (χ4n) is 4.06. The molecule has 0 radical (unpaired) electrons. The van der Waals surface area contributed by atoms with Crippen molar-refractivity contribution in [2.75, 3.05) is 32.2 Å². The number of anilines is 1. The van der Waals surface area contributed by atoms with Crippen molar-refractivity contribution in [1.29, 1.82) is 0 Å². The predicted octanol–water partition coefficient (Wildman–Crippen LogP) is 1.54. The summed E-state index contributed by atoms with van der Waals surface area (Å²) < 4.78 is 13.8. The monoisotopic (exact) mass is 420 g/mol. The Labute approximate surface area is 180 Å². The van der Waals surface area contributed by atoms with E-state index in [1.54, 1.807) is 10.9 Å². The Hall–Kier alpha value is -3.30. The first-order valence-electron chi connectivity index (χ1n) is 10.2. The average molecular weight is 420 g/mol. The van der Waals surface area contributed by atoms with E-state index in [1.807, 2.05) is 67.7 Å². The number of hydrogen-bond acceptors (Lipinski definition) is 7. The van der Waals surface area contributed by atoms with Crippen LogP contribution in [0.15, 0.2) is 54.9 Å². The van der Waals surface area contributed by atoms with E-state index in [2.05, 4.69) is 20.6 Å².